The fourth-order valence-electron chi connectivity index (χ4n) is 2.92. The van der Waals surface area contributed by atoms with E-state index in [4.69, 9.17) is 7.80 Å². The number of ether oxygens (including phenoxy) is 1. The van der Waals surface area contributed by atoms with E-state index >= 15 is 0 Å². The number of nitro benzene ring substituents is 1. The lowest BCUT2D eigenvalue weighted by Crippen LogP contribution is -2.53. The molecule has 0 N–H and O–H groups in total. The van der Waals surface area contributed by atoms with Crippen LogP contribution in [0.2, 0.25) is 0 Å². The van der Waals surface area contributed by atoms with Crippen LogP contribution in [0.4, 0.5) is 5.69 Å². The van der Waals surface area contributed by atoms with Crippen LogP contribution >= 0.6 is 23.0 Å². The molecule has 1 aliphatic rings. The molecule has 26 heavy (non-hydrogen) atoms. The average Bonchev–Trinajstić information content (AvgIpc) is 2.63. The van der Waals surface area contributed by atoms with Crippen molar-refractivity contribution in [2.75, 3.05) is 39.3 Å². The molecule has 8 nitrogen and oxygen atoms in total. The molecule has 1 saturated heterocycles. The smallest absolute Gasteiger partial charge is 0.329 e. The fourth-order valence-corrected chi connectivity index (χ4v) is 3.06. The Morgan fingerprint density at radius 1 is 1.50 bits per heavy atom. The molecule has 0 aliphatic carbocycles. The number of hydrogen-bond acceptors (Lipinski definition) is 7. The molecular formula is C17H22IN3O5. The standard InChI is InChI=1S/C17H22IN3O5/c1-3-14-10-15(21(23)24)4-5-16(14)25-9-8-19-6-7-20(13(2)11-19)12-17(22)26-18/h3-5,10,13H,1,6-9,11-12H2,2H3. The third kappa shape index (κ3) is 5.64. The number of rotatable bonds is 8. The van der Waals surface area contributed by atoms with Crippen molar-refractivity contribution < 1.29 is 17.5 Å². The summed E-state index contributed by atoms with van der Waals surface area (Å²) in [5, 5.41) is 10.8. The van der Waals surface area contributed by atoms with Gasteiger partial charge in [-0.25, -0.2) is 4.79 Å². The number of carbonyl (C=O) groups excluding carboxylic acids is 1. The summed E-state index contributed by atoms with van der Waals surface area (Å²) in [7, 11) is 0. The number of nitrogens with zero attached hydrogens (tertiary/aromatic N) is 3. The maximum atomic E-state index is 11.4. The highest BCUT2D eigenvalue weighted by atomic mass is 127. The maximum absolute atomic E-state index is 11.4. The summed E-state index contributed by atoms with van der Waals surface area (Å²) in [6, 6.07) is 4.73. The van der Waals surface area contributed by atoms with Crippen LogP contribution in [0.5, 0.6) is 5.75 Å². The van der Waals surface area contributed by atoms with E-state index in [2.05, 4.69) is 23.3 Å². The van der Waals surface area contributed by atoms with Gasteiger partial charge in [0.1, 0.15) is 12.4 Å². The Morgan fingerprint density at radius 3 is 2.88 bits per heavy atom. The van der Waals surface area contributed by atoms with E-state index in [9.17, 15) is 14.9 Å². The van der Waals surface area contributed by atoms with Crippen LogP contribution in [0.25, 0.3) is 6.08 Å². The van der Waals surface area contributed by atoms with E-state index in [1.165, 1.54) is 12.1 Å². The van der Waals surface area contributed by atoms with Gasteiger partial charge in [-0.15, -0.1) is 0 Å². The summed E-state index contributed by atoms with van der Waals surface area (Å²) in [6.45, 7) is 9.76. The topological polar surface area (TPSA) is 85.2 Å². The summed E-state index contributed by atoms with van der Waals surface area (Å²) in [5.41, 5.74) is 0.622. The molecule has 0 radical (unpaired) electrons. The number of benzene rings is 1. The highest BCUT2D eigenvalue weighted by Gasteiger charge is 2.25. The van der Waals surface area contributed by atoms with Crippen molar-refractivity contribution in [3.8, 4) is 5.75 Å². The maximum Gasteiger partial charge on any atom is 0.329 e. The van der Waals surface area contributed by atoms with Gasteiger partial charge in [-0.3, -0.25) is 19.9 Å². The summed E-state index contributed by atoms with van der Waals surface area (Å²) in [6.07, 6.45) is 1.55. The van der Waals surface area contributed by atoms with Gasteiger partial charge < -0.3 is 7.80 Å². The van der Waals surface area contributed by atoms with Gasteiger partial charge in [-0.1, -0.05) is 12.7 Å². The Hall–Kier alpha value is -1.72. The molecule has 0 aromatic heterocycles. The van der Waals surface area contributed by atoms with E-state index < -0.39 is 4.92 Å². The zero-order valence-corrected chi connectivity index (χ0v) is 16.8. The van der Waals surface area contributed by atoms with Gasteiger partial charge in [-0.2, -0.15) is 0 Å². The summed E-state index contributed by atoms with van der Waals surface area (Å²) < 4.78 is 10.5. The first kappa shape index (κ1) is 20.6. The molecule has 0 bridgehead atoms. The van der Waals surface area contributed by atoms with Crippen molar-refractivity contribution in [2.24, 2.45) is 0 Å². The summed E-state index contributed by atoms with van der Waals surface area (Å²) in [4.78, 5) is 26.2. The molecule has 9 heteroatoms. The lowest BCUT2D eigenvalue weighted by Gasteiger charge is -2.39. The predicted molar refractivity (Wildman–Crippen MR) is 106 cm³/mol. The first-order valence-electron chi connectivity index (χ1n) is 8.26. The molecule has 1 aliphatic heterocycles. The van der Waals surface area contributed by atoms with E-state index in [0.29, 0.717) is 24.5 Å². The first-order valence-corrected chi connectivity index (χ1v) is 9.14. The minimum Gasteiger partial charge on any atom is -0.492 e. The van der Waals surface area contributed by atoms with Crippen LogP contribution in [0.1, 0.15) is 12.5 Å². The average molecular weight is 475 g/mol. The van der Waals surface area contributed by atoms with Crippen LogP contribution in [0, 0.1) is 10.1 Å². The van der Waals surface area contributed by atoms with Gasteiger partial charge in [0.05, 0.1) is 11.5 Å². The van der Waals surface area contributed by atoms with Crippen LogP contribution in [0.3, 0.4) is 0 Å². The van der Waals surface area contributed by atoms with Crippen molar-refractivity contribution in [3.05, 3.63) is 40.5 Å². The molecular weight excluding hydrogens is 453 g/mol. The second kappa shape index (κ2) is 9.83. The van der Waals surface area contributed by atoms with Crippen molar-refractivity contribution >= 4 is 40.7 Å². The normalized spacial score (nSPS) is 18.3. The van der Waals surface area contributed by atoms with Crippen LogP contribution in [-0.2, 0) is 7.86 Å². The van der Waals surface area contributed by atoms with Crippen LogP contribution < -0.4 is 4.74 Å². The quantitative estimate of drug-likeness (QED) is 0.325. The Balaban J connectivity index is 1.83. The van der Waals surface area contributed by atoms with Crippen molar-refractivity contribution in [3.63, 3.8) is 0 Å². The van der Waals surface area contributed by atoms with E-state index in [0.717, 1.165) is 26.2 Å². The Bertz CT molecular complexity index is 670. The molecule has 1 aromatic rings. The zero-order chi connectivity index (χ0) is 19.1. The Labute approximate surface area is 166 Å². The minimum absolute atomic E-state index is 0.0160. The van der Waals surface area contributed by atoms with Crippen molar-refractivity contribution in [1.82, 2.24) is 9.80 Å². The SMILES string of the molecule is C=Cc1cc([N+](=O)[O-])ccc1OCCN1CCN(CC(=O)OI)C(C)C1. The third-order valence-corrected chi connectivity index (χ3v) is 4.85. The fraction of sp³-hybridized carbons (Fsp3) is 0.471. The molecule has 1 fully saturated rings. The van der Waals surface area contributed by atoms with Crippen LogP contribution in [0.15, 0.2) is 24.8 Å². The molecule has 1 aromatic carbocycles. The molecule has 0 saturated carbocycles. The second-order valence-corrected chi connectivity index (χ2v) is 6.54. The number of carbonyl (C=O) groups is 1. The second-order valence-electron chi connectivity index (χ2n) is 6.10. The minimum atomic E-state index is -0.439. The van der Waals surface area contributed by atoms with Gasteiger partial charge in [0.15, 0.2) is 23.0 Å². The van der Waals surface area contributed by atoms with E-state index in [1.807, 2.05) is 0 Å². The number of piperazine rings is 1. The number of non-ortho nitro benzene ring substituents is 1. The van der Waals surface area contributed by atoms with Gasteiger partial charge in [-0.05, 0) is 13.0 Å². The monoisotopic (exact) mass is 475 g/mol. The van der Waals surface area contributed by atoms with Crippen molar-refractivity contribution in [2.45, 2.75) is 13.0 Å². The highest BCUT2D eigenvalue weighted by molar-refractivity contribution is 14.1. The molecule has 142 valence electrons. The predicted octanol–water partition coefficient (Wildman–Crippen LogP) is 2.52. The molecule has 0 spiro atoms. The number of halogens is 1. The van der Waals surface area contributed by atoms with Gasteiger partial charge >= 0.3 is 5.97 Å². The Kier molecular flexibility index (Phi) is 7.79. The molecule has 2 rings (SSSR count). The van der Waals surface area contributed by atoms with Gasteiger partial charge in [0.25, 0.3) is 5.69 Å². The largest absolute Gasteiger partial charge is 0.492 e. The lowest BCUT2D eigenvalue weighted by molar-refractivity contribution is -0.384. The van der Waals surface area contributed by atoms with Gasteiger partial charge in [0.2, 0.25) is 0 Å². The third-order valence-electron chi connectivity index (χ3n) is 4.36. The molecule has 1 heterocycles. The van der Waals surface area contributed by atoms with Crippen molar-refractivity contribution in [1.29, 1.82) is 0 Å². The Morgan fingerprint density at radius 2 is 2.27 bits per heavy atom. The van der Waals surface area contributed by atoms with E-state index in [-0.39, 0.29) is 17.7 Å². The molecule has 0 amide bonds. The summed E-state index contributed by atoms with van der Waals surface area (Å²) >= 11 is 1.61. The van der Waals surface area contributed by atoms with E-state index in [1.54, 1.807) is 35.1 Å². The zero-order valence-electron chi connectivity index (χ0n) is 14.6. The lowest BCUT2D eigenvalue weighted by atomic mass is 10.2. The van der Waals surface area contributed by atoms with Gasteiger partial charge in [0, 0.05) is 49.9 Å². The molecule has 1 atom stereocenters. The van der Waals surface area contributed by atoms with Crippen LogP contribution in [-0.4, -0.2) is 66.1 Å². The summed E-state index contributed by atoms with van der Waals surface area (Å²) in [5.74, 6) is 0.353. The highest BCUT2D eigenvalue weighted by Crippen LogP contribution is 2.25. The number of hydrogen-bond donors (Lipinski definition) is 0. The number of nitro groups is 1. The first-order chi connectivity index (χ1) is 12.4. The molecule has 1 unspecified atom stereocenters.